The average Bonchev–Trinajstić information content (AvgIpc) is 2.75. The van der Waals surface area contributed by atoms with Gasteiger partial charge in [0, 0.05) is 0 Å². The molecule has 5 atom stereocenters. The zero-order valence-electron chi connectivity index (χ0n) is 10.7. The molecule has 2 fully saturated rings. The maximum Gasteiger partial charge on any atom is 0.165 e. The summed E-state index contributed by atoms with van der Waals surface area (Å²) < 4.78 is 5.58. The molecular formula is C11H15N5O4. The van der Waals surface area contributed by atoms with Crippen LogP contribution < -0.4 is 16.0 Å². The van der Waals surface area contributed by atoms with E-state index < -0.39 is 29.6 Å². The first-order valence-corrected chi connectivity index (χ1v) is 6.28. The molecule has 0 amide bonds. The zero-order valence-corrected chi connectivity index (χ0v) is 10.7. The van der Waals surface area contributed by atoms with Gasteiger partial charge in [0.05, 0.1) is 6.67 Å². The monoisotopic (exact) mass is 281 g/mol. The van der Waals surface area contributed by atoms with E-state index in [2.05, 4.69) is 15.3 Å². The van der Waals surface area contributed by atoms with Crippen molar-refractivity contribution in [2.75, 3.05) is 22.6 Å². The van der Waals surface area contributed by atoms with Gasteiger partial charge >= 0.3 is 0 Å². The number of hydrogen-bond donors (Lipinski definition) is 5. The second-order valence-electron chi connectivity index (χ2n) is 5.59. The van der Waals surface area contributed by atoms with Crippen LogP contribution >= 0.6 is 0 Å². The van der Waals surface area contributed by atoms with E-state index >= 15 is 0 Å². The fraction of sp³-hybridized carbons (Fsp3) is 0.636. The highest BCUT2D eigenvalue weighted by Gasteiger charge is 2.82. The van der Waals surface area contributed by atoms with Gasteiger partial charge in [-0.1, -0.05) is 0 Å². The zero-order chi connectivity index (χ0) is 14.3. The molecule has 0 spiro atoms. The summed E-state index contributed by atoms with van der Waals surface area (Å²) in [6.07, 6.45) is -1.36. The SMILES string of the molecule is C[C@]1(O)[C@H](N2CNc3c(N)ncnc32)O[C@@H]2C(O)[C@@]21O. The van der Waals surface area contributed by atoms with Gasteiger partial charge in [0.1, 0.15) is 29.8 Å². The van der Waals surface area contributed by atoms with Gasteiger partial charge in [0.2, 0.25) is 0 Å². The van der Waals surface area contributed by atoms with Crippen LogP contribution in [0.3, 0.4) is 0 Å². The standard InChI is InChI=1S/C11H15N5O4/c1-10(18)9(20-6-5(17)11(6,10)19)16-3-15-4-7(12)13-2-14-8(4)16/h2,5-6,9,15,17-19H,3H2,1H3,(H2,12,13,14)/t5?,6-,9-,10+,11-/m1/s1. The van der Waals surface area contributed by atoms with Crippen LogP contribution in [0.1, 0.15) is 6.92 Å². The van der Waals surface area contributed by atoms with E-state index in [9.17, 15) is 15.3 Å². The summed E-state index contributed by atoms with van der Waals surface area (Å²) in [6.45, 7) is 1.76. The number of nitrogens with one attached hydrogen (secondary N) is 1. The number of anilines is 3. The fourth-order valence-electron chi connectivity index (χ4n) is 3.15. The maximum absolute atomic E-state index is 10.6. The molecule has 2 aliphatic heterocycles. The number of rotatable bonds is 1. The van der Waals surface area contributed by atoms with Crippen molar-refractivity contribution >= 4 is 17.3 Å². The van der Waals surface area contributed by atoms with E-state index in [0.717, 1.165) is 0 Å². The van der Waals surface area contributed by atoms with Gasteiger partial charge in [-0.15, -0.1) is 0 Å². The number of nitrogens with zero attached hydrogens (tertiary/aromatic N) is 3. The molecule has 9 heteroatoms. The number of hydrogen-bond acceptors (Lipinski definition) is 9. The van der Waals surface area contributed by atoms with Gasteiger partial charge in [-0.3, -0.25) is 0 Å². The van der Waals surface area contributed by atoms with Gasteiger partial charge < -0.3 is 36.0 Å². The Balaban J connectivity index is 1.71. The highest BCUT2D eigenvalue weighted by molar-refractivity contribution is 5.80. The molecule has 0 aromatic carbocycles. The van der Waals surface area contributed by atoms with Crippen molar-refractivity contribution in [2.45, 2.75) is 36.6 Å². The van der Waals surface area contributed by atoms with E-state index in [1.807, 2.05) is 0 Å². The maximum atomic E-state index is 10.6. The fourth-order valence-corrected chi connectivity index (χ4v) is 3.15. The predicted molar refractivity (Wildman–Crippen MR) is 67.7 cm³/mol. The highest BCUT2D eigenvalue weighted by atomic mass is 16.6. The first-order chi connectivity index (χ1) is 9.39. The number of nitrogen functional groups attached to an aromatic ring is 1. The lowest BCUT2D eigenvalue weighted by atomic mass is 9.95. The van der Waals surface area contributed by atoms with Gasteiger partial charge in [-0.25, -0.2) is 9.97 Å². The molecule has 1 aromatic rings. The van der Waals surface area contributed by atoms with Crippen molar-refractivity contribution < 1.29 is 20.1 Å². The summed E-state index contributed by atoms with van der Waals surface area (Å²) in [5.41, 5.74) is 3.06. The molecule has 6 N–H and O–H groups in total. The number of aliphatic hydroxyl groups excluding tert-OH is 1. The molecule has 1 saturated heterocycles. The summed E-state index contributed by atoms with van der Waals surface area (Å²) in [4.78, 5) is 9.67. The molecule has 3 aliphatic rings. The van der Waals surface area contributed by atoms with Crippen molar-refractivity contribution in [1.82, 2.24) is 9.97 Å². The number of aliphatic hydroxyl groups is 3. The summed E-state index contributed by atoms with van der Waals surface area (Å²) in [5, 5.41) is 33.5. The van der Waals surface area contributed by atoms with Crippen molar-refractivity contribution in [1.29, 1.82) is 0 Å². The topological polar surface area (TPSA) is 137 Å². The van der Waals surface area contributed by atoms with Gasteiger partial charge in [0.15, 0.2) is 23.5 Å². The van der Waals surface area contributed by atoms with Crippen LogP contribution in [-0.2, 0) is 4.74 Å². The predicted octanol–water partition coefficient (Wildman–Crippen LogP) is -2.17. The molecule has 1 saturated carbocycles. The Morgan fingerprint density at radius 1 is 1.50 bits per heavy atom. The molecule has 3 heterocycles. The molecule has 1 aliphatic carbocycles. The van der Waals surface area contributed by atoms with Crippen LogP contribution in [0.2, 0.25) is 0 Å². The minimum atomic E-state index is -1.64. The molecule has 1 aromatic heterocycles. The van der Waals surface area contributed by atoms with Crippen molar-refractivity contribution in [3.63, 3.8) is 0 Å². The lowest BCUT2D eigenvalue weighted by Gasteiger charge is -2.37. The largest absolute Gasteiger partial charge is 0.387 e. The highest BCUT2D eigenvalue weighted by Crippen LogP contribution is 2.57. The Hall–Kier alpha value is -1.68. The molecule has 0 bridgehead atoms. The first-order valence-electron chi connectivity index (χ1n) is 6.28. The van der Waals surface area contributed by atoms with Crippen LogP contribution in [0, 0.1) is 0 Å². The van der Waals surface area contributed by atoms with Crippen LogP contribution in [0.4, 0.5) is 17.3 Å². The van der Waals surface area contributed by atoms with Crippen LogP contribution in [0.5, 0.6) is 0 Å². The van der Waals surface area contributed by atoms with E-state index in [4.69, 9.17) is 10.5 Å². The minimum Gasteiger partial charge on any atom is -0.387 e. The van der Waals surface area contributed by atoms with Crippen LogP contribution in [0.25, 0.3) is 0 Å². The van der Waals surface area contributed by atoms with Crippen molar-refractivity contribution in [2.24, 2.45) is 0 Å². The van der Waals surface area contributed by atoms with Gasteiger partial charge in [0.25, 0.3) is 0 Å². The molecule has 20 heavy (non-hydrogen) atoms. The van der Waals surface area contributed by atoms with Gasteiger partial charge in [-0.05, 0) is 6.92 Å². The Morgan fingerprint density at radius 2 is 2.25 bits per heavy atom. The summed E-state index contributed by atoms with van der Waals surface area (Å²) in [6, 6.07) is 0. The quantitative estimate of drug-likeness (QED) is 0.389. The number of ether oxygens (including phenoxy) is 1. The normalized spacial score (nSPS) is 45.0. The third-order valence-electron chi connectivity index (χ3n) is 4.47. The summed E-state index contributed by atoms with van der Waals surface area (Å²) >= 11 is 0. The third-order valence-corrected chi connectivity index (χ3v) is 4.47. The van der Waals surface area contributed by atoms with Crippen LogP contribution in [0.15, 0.2) is 6.33 Å². The van der Waals surface area contributed by atoms with E-state index in [0.29, 0.717) is 24.0 Å². The van der Waals surface area contributed by atoms with Crippen molar-refractivity contribution in [3.8, 4) is 0 Å². The molecule has 9 nitrogen and oxygen atoms in total. The number of nitrogens with two attached hydrogens (primary N) is 1. The third kappa shape index (κ3) is 1.13. The lowest BCUT2D eigenvalue weighted by molar-refractivity contribution is -0.131. The Morgan fingerprint density at radius 3 is 2.90 bits per heavy atom. The number of aromatic nitrogens is 2. The van der Waals surface area contributed by atoms with E-state index in [1.165, 1.54) is 13.3 Å². The van der Waals surface area contributed by atoms with Crippen LogP contribution in [-0.4, -0.2) is 61.6 Å². The second kappa shape index (κ2) is 3.31. The van der Waals surface area contributed by atoms with Crippen molar-refractivity contribution in [3.05, 3.63) is 6.33 Å². The molecule has 0 radical (unpaired) electrons. The molecule has 4 rings (SSSR count). The molecular weight excluding hydrogens is 266 g/mol. The van der Waals surface area contributed by atoms with E-state index in [1.54, 1.807) is 4.90 Å². The minimum absolute atomic E-state index is 0.305. The Bertz CT molecular complexity index is 596. The average molecular weight is 281 g/mol. The first kappa shape index (κ1) is 12.1. The summed E-state index contributed by atoms with van der Waals surface area (Å²) in [5.74, 6) is 0.807. The molecule has 1 unspecified atom stereocenters. The number of fused-ring (bicyclic) bond motifs is 2. The Kier molecular flexibility index (Phi) is 2.00. The van der Waals surface area contributed by atoms with Gasteiger partial charge in [-0.2, -0.15) is 0 Å². The second-order valence-corrected chi connectivity index (χ2v) is 5.59. The lowest BCUT2D eigenvalue weighted by Crippen LogP contribution is -2.58. The molecule has 108 valence electrons. The summed E-state index contributed by atoms with van der Waals surface area (Å²) in [7, 11) is 0. The van der Waals surface area contributed by atoms with E-state index in [-0.39, 0.29) is 0 Å². The smallest absolute Gasteiger partial charge is 0.165 e. The Labute approximate surface area is 114 Å².